The van der Waals surface area contributed by atoms with Crippen molar-refractivity contribution in [2.24, 2.45) is 0 Å². The van der Waals surface area contributed by atoms with Gasteiger partial charge in [0.05, 0.1) is 29.7 Å². The van der Waals surface area contributed by atoms with E-state index in [1.54, 1.807) is 12.1 Å². The molecule has 0 spiro atoms. The smallest absolute Gasteiger partial charge is 0.308 e. The lowest BCUT2D eigenvalue weighted by molar-refractivity contribution is 0.194. The summed E-state index contributed by atoms with van der Waals surface area (Å²) in [6, 6.07) is 25.6. The van der Waals surface area contributed by atoms with E-state index >= 15 is 0 Å². The minimum absolute atomic E-state index is 0.239. The number of carbonyl (C=O) groups is 1. The summed E-state index contributed by atoms with van der Waals surface area (Å²) >= 11 is 0. The van der Waals surface area contributed by atoms with E-state index in [0.29, 0.717) is 6.54 Å². The minimum atomic E-state index is -0.451. The number of para-hydroxylation sites is 1. The molecular weight excluding hydrogens is 477 g/mol. The van der Waals surface area contributed by atoms with Crippen LogP contribution in [0, 0.1) is 26.6 Å². The fraction of sp³-hybridized carbons (Fsp3) is 0.161. The highest BCUT2D eigenvalue weighted by molar-refractivity contribution is 5.90. The monoisotopic (exact) mass is 505 g/mol. The SMILES string of the molecule is Cc1cc(C)cc(NC(=O)N2Cc3c(C)nn(-c4ccccc4)c3-n3cccc3C2c2ccc(F)cc2)c1. The van der Waals surface area contributed by atoms with Crippen LogP contribution in [-0.2, 0) is 6.54 Å². The average molecular weight is 506 g/mol. The molecule has 1 N–H and O–H groups in total. The zero-order valence-corrected chi connectivity index (χ0v) is 21.5. The molecule has 0 aliphatic carbocycles. The van der Waals surface area contributed by atoms with Gasteiger partial charge in [0.25, 0.3) is 0 Å². The van der Waals surface area contributed by atoms with Crippen molar-refractivity contribution in [1.29, 1.82) is 0 Å². The van der Waals surface area contributed by atoms with Crippen molar-refractivity contribution in [2.45, 2.75) is 33.4 Å². The Morgan fingerprint density at radius 2 is 1.63 bits per heavy atom. The van der Waals surface area contributed by atoms with Crippen molar-refractivity contribution in [3.8, 4) is 11.5 Å². The lowest BCUT2D eigenvalue weighted by Gasteiger charge is -2.31. The third-order valence-electron chi connectivity index (χ3n) is 7.01. The Hall–Kier alpha value is -4.65. The normalized spacial score (nSPS) is 14.5. The minimum Gasteiger partial charge on any atom is -0.308 e. The number of carbonyl (C=O) groups excluding carboxylic acids is 1. The summed E-state index contributed by atoms with van der Waals surface area (Å²) in [5.41, 5.74) is 7.32. The molecule has 6 rings (SSSR count). The van der Waals surface area contributed by atoms with Crippen molar-refractivity contribution in [3.63, 3.8) is 0 Å². The predicted octanol–water partition coefficient (Wildman–Crippen LogP) is 6.86. The maximum Gasteiger partial charge on any atom is 0.322 e. The van der Waals surface area contributed by atoms with Crippen LogP contribution in [0.2, 0.25) is 0 Å². The maximum atomic E-state index is 14.0. The number of anilines is 1. The quantitative estimate of drug-likeness (QED) is 0.291. The molecule has 1 atom stereocenters. The second-order valence-corrected chi connectivity index (χ2v) is 9.83. The molecule has 0 fully saturated rings. The molecule has 1 aliphatic heterocycles. The summed E-state index contributed by atoms with van der Waals surface area (Å²) in [5.74, 6) is 0.574. The Balaban J connectivity index is 1.53. The zero-order valence-electron chi connectivity index (χ0n) is 21.5. The molecule has 0 bridgehead atoms. The molecule has 3 heterocycles. The van der Waals surface area contributed by atoms with Gasteiger partial charge in [0.15, 0.2) is 0 Å². The number of urea groups is 1. The van der Waals surface area contributed by atoms with E-state index in [2.05, 4.69) is 16.0 Å². The van der Waals surface area contributed by atoms with Crippen LogP contribution < -0.4 is 5.32 Å². The van der Waals surface area contributed by atoms with Crippen molar-refractivity contribution in [1.82, 2.24) is 19.2 Å². The number of aryl methyl sites for hydroxylation is 3. The molecule has 1 aliphatic rings. The molecule has 6 nitrogen and oxygen atoms in total. The van der Waals surface area contributed by atoms with Crippen LogP contribution in [0.15, 0.2) is 91.1 Å². The van der Waals surface area contributed by atoms with Crippen molar-refractivity contribution < 1.29 is 9.18 Å². The summed E-state index contributed by atoms with van der Waals surface area (Å²) in [7, 11) is 0. The second kappa shape index (κ2) is 9.34. The molecule has 190 valence electrons. The lowest BCUT2D eigenvalue weighted by atomic mass is 10.0. The molecule has 7 heteroatoms. The number of nitrogens with zero attached hydrogens (tertiary/aromatic N) is 4. The number of hydrogen-bond donors (Lipinski definition) is 1. The van der Waals surface area contributed by atoms with Crippen LogP contribution in [0.1, 0.15) is 39.7 Å². The Morgan fingerprint density at radius 3 is 2.34 bits per heavy atom. The Bertz CT molecular complexity index is 1610. The molecule has 0 saturated carbocycles. The highest BCUT2D eigenvalue weighted by atomic mass is 19.1. The zero-order chi connectivity index (χ0) is 26.4. The van der Waals surface area contributed by atoms with Gasteiger partial charge in [-0.15, -0.1) is 0 Å². The van der Waals surface area contributed by atoms with E-state index < -0.39 is 6.04 Å². The first-order valence-corrected chi connectivity index (χ1v) is 12.6. The number of hydrogen-bond acceptors (Lipinski definition) is 2. The van der Waals surface area contributed by atoms with Crippen molar-refractivity contribution >= 4 is 11.7 Å². The first-order valence-electron chi connectivity index (χ1n) is 12.6. The number of benzene rings is 3. The van der Waals surface area contributed by atoms with Crippen LogP contribution in [0.3, 0.4) is 0 Å². The molecule has 38 heavy (non-hydrogen) atoms. The largest absolute Gasteiger partial charge is 0.322 e. The first kappa shape index (κ1) is 23.7. The van der Waals surface area contributed by atoms with Gasteiger partial charge in [0.2, 0.25) is 0 Å². The molecule has 5 aromatic rings. The fourth-order valence-corrected chi connectivity index (χ4v) is 5.39. The third-order valence-corrected chi connectivity index (χ3v) is 7.01. The van der Waals surface area contributed by atoms with Crippen LogP contribution in [0.5, 0.6) is 0 Å². The summed E-state index contributed by atoms with van der Waals surface area (Å²) in [6.07, 6.45) is 2.00. The van der Waals surface area contributed by atoms with Gasteiger partial charge in [-0.1, -0.05) is 36.4 Å². The van der Waals surface area contributed by atoms with Crippen LogP contribution in [0.4, 0.5) is 14.9 Å². The Morgan fingerprint density at radius 1 is 0.921 bits per heavy atom. The molecule has 2 amide bonds. The Labute approximate surface area is 221 Å². The van der Waals surface area contributed by atoms with E-state index in [1.807, 2.05) is 91.1 Å². The van der Waals surface area contributed by atoms with E-state index in [1.165, 1.54) is 12.1 Å². The predicted molar refractivity (Wildman–Crippen MR) is 146 cm³/mol. The van der Waals surface area contributed by atoms with Gasteiger partial charge in [-0.3, -0.25) is 0 Å². The standard InChI is InChI=1S/C31H28FN5O/c1-20-16-21(2)18-25(17-20)33-31(38)36-19-27-22(3)34-37(26-8-5-4-6-9-26)30(27)35-15-7-10-28(35)29(36)23-11-13-24(32)14-12-23/h4-18,29H,19H2,1-3H3,(H,33,38). The van der Waals surface area contributed by atoms with Crippen LogP contribution in [-0.4, -0.2) is 25.3 Å². The van der Waals surface area contributed by atoms with Crippen LogP contribution >= 0.6 is 0 Å². The van der Waals surface area contributed by atoms with Crippen molar-refractivity contribution in [2.75, 3.05) is 5.32 Å². The number of halogens is 1. The number of aromatic nitrogens is 3. The number of rotatable bonds is 3. The summed E-state index contributed by atoms with van der Waals surface area (Å²) in [4.78, 5) is 15.8. The molecule has 0 radical (unpaired) electrons. The summed E-state index contributed by atoms with van der Waals surface area (Å²) in [5, 5.41) is 8.00. The molecule has 2 aromatic heterocycles. The number of fused-ring (bicyclic) bond motifs is 3. The molecular formula is C31H28FN5O. The average Bonchev–Trinajstić information content (AvgIpc) is 3.45. The molecule has 0 saturated heterocycles. The maximum absolute atomic E-state index is 14.0. The van der Waals surface area contributed by atoms with Gasteiger partial charge in [-0.2, -0.15) is 5.10 Å². The number of amides is 2. The van der Waals surface area contributed by atoms with E-state index in [4.69, 9.17) is 5.10 Å². The van der Waals surface area contributed by atoms with Gasteiger partial charge in [-0.05, 0) is 86.0 Å². The van der Waals surface area contributed by atoms with Gasteiger partial charge in [0, 0.05) is 17.4 Å². The second-order valence-electron chi connectivity index (χ2n) is 9.83. The van der Waals surface area contributed by atoms with Gasteiger partial charge in [0.1, 0.15) is 11.6 Å². The highest BCUT2D eigenvalue weighted by Gasteiger charge is 2.36. The van der Waals surface area contributed by atoms with Crippen molar-refractivity contribution in [3.05, 3.63) is 131 Å². The van der Waals surface area contributed by atoms with Gasteiger partial charge >= 0.3 is 6.03 Å². The van der Waals surface area contributed by atoms with Gasteiger partial charge < -0.3 is 14.8 Å². The van der Waals surface area contributed by atoms with E-state index in [-0.39, 0.29) is 11.8 Å². The topological polar surface area (TPSA) is 55.1 Å². The summed E-state index contributed by atoms with van der Waals surface area (Å²) in [6.45, 7) is 6.32. The Kier molecular flexibility index (Phi) is 5.83. The third kappa shape index (κ3) is 4.16. The van der Waals surface area contributed by atoms with Gasteiger partial charge in [-0.25, -0.2) is 13.9 Å². The van der Waals surface area contributed by atoms with E-state index in [9.17, 15) is 9.18 Å². The first-order chi connectivity index (χ1) is 18.4. The lowest BCUT2D eigenvalue weighted by Crippen LogP contribution is -2.38. The molecule has 3 aromatic carbocycles. The van der Waals surface area contributed by atoms with E-state index in [0.717, 1.165) is 50.8 Å². The number of nitrogens with one attached hydrogen (secondary N) is 1. The summed E-state index contributed by atoms with van der Waals surface area (Å²) < 4.78 is 18.0. The highest BCUT2D eigenvalue weighted by Crippen LogP contribution is 2.38. The fourth-order valence-electron chi connectivity index (χ4n) is 5.39. The van der Waals surface area contributed by atoms with Crippen LogP contribution in [0.25, 0.3) is 11.5 Å². The molecule has 1 unspecified atom stereocenters.